The van der Waals surface area contributed by atoms with Crippen molar-refractivity contribution in [3.63, 3.8) is 0 Å². The highest BCUT2D eigenvalue weighted by Gasteiger charge is 2.51. The van der Waals surface area contributed by atoms with Crippen LogP contribution < -0.4 is 31.3 Å². The number of aromatic nitrogens is 2. The highest BCUT2D eigenvalue weighted by Crippen LogP contribution is 2.46. The molecule has 1 saturated heterocycles. The number of anilines is 3. The summed E-state index contributed by atoms with van der Waals surface area (Å²) < 4.78 is 48.2. The molecule has 5 rings (SSSR count). The van der Waals surface area contributed by atoms with Gasteiger partial charge in [-0.05, 0) is 17.7 Å². The molecule has 3 aromatic rings. The molecule has 0 amide bonds. The number of ether oxygens (including phenoxy) is 1. The lowest BCUT2D eigenvalue weighted by Crippen LogP contribution is -2.60. The third-order valence-corrected chi connectivity index (χ3v) is 6.75. The van der Waals surface area contributed by atoms with Gasteiger partial charge in [-0.25, -0.2) is 9.59 Å². The predicted molar refractivity (Wildman–Crippen MR) is 139 cm³/mol. The molecule has 1 aromatic heterocycles. The highest BCUT2D eigenvalue weighted by atomic mass is 19.4. The first-order chi connectivity index (χ1) is 19.1. The van der Waals surface area contributed by atoms with Crippen molar-refractivity contribution in [3.05, 3.63) is 81.0 Å². The van der Waals surface area contributed by atoms with Gasteiger partial charge < -0.3 is 14.9 Å². The molecular formula is C26H27F3N6O5. The van der Waals surface area contributed by atoms with Crippen molar-refractivity contribution in [2.75, 3.05) is 36.1 Å². The van der Waals surface area contributed by atoms with E-state index in [1.165, 1.54) is 19.0 Å². The van der Waals surface area contributed by atoms with Crippen LogP contribution in [0.3, 0.4) is 0 Å². The summed E-state index contributed by atoms with van der Waals surface area (Å²) in [7, 11) is 2.57. The number of hydrogen-bond donors (Lipinski definition) is 1. The number of alkyl halides is 3. The molecular weight excluding hydrogens is 533 g/mol. The van der Waals surface area contributed by atoms with E-state index in [1.807, 2.05) is 30.3 Å². The Labute approximate surface area is 226 Å². The average Bonchev–Trinajstić information content (AvgIpc) is 3.29. The van der Waals surface area contributed by atoms with Gasteiger partial charge in [0.2, 0.25) is 6.29 Å². The van der Waals surface area contributed by atoms with E-state index in [1.54, 1.807) is 29.2 Å². The lowest BCUT2D eigenvalue weighted by atomic mass is 10.2. The van der Waals surface area contributed by atoms with Gasteiger partial charge >= 0.3 is 17.8 Å². The first-order valence-electron chi connectivity index (χ1n) is 12.5. The van der Waals surface area contributed by atoms with Gasteiger partial charge in [-0.3, -0.25) is 23.7 Å². The van der Waals surface area contributed by atoms with Crippen LogP contribution in [-0.2, 0) is 30.3 Å². The van der Waals surface area contributed by atoms with Crippen molar-refractivity contribution in [2.24, 2.45) is 14.1 Å². The molecule has 1 unspecified atom stereocenters. The van der Waals surface area contributed by atoms with Crippen LogP contribution in [0.5, 0.6) is 5.75 Å². The number of carbonyl (C=O) groups excluding carboxylic acids is 1. The molecule has 0 saturated carbocycles. The van der Waals surface area contributed by atoms with Gasteiger partial charge in [0.05, 0.1) is 5.69 Å². The van der Waals surface area contributed by atoms with Crippen LogP contribution in [0.25, 0.3) is 0 Å². The fraction of sp³-hybridized carbons (Fsp3) is 0.346. The standard InChI is InChI=1S/C26H27F3N6O5/c1-31-21-20(22(36)32(2)25(31)38)34(18-10-6-7-11-19(18)39-16-17-8-4-3-5-9-17)24(33-14-12-30-13-15-33)35(21)40-23(37)26(27,28)29/h3-11,24,30H,12-16H2,1-2H3. The minimum absolute atomic E-state index is 0.140. The second kappa shape index (κ2) is 10.7. The number of para-hydroxylation sites is 2. The maximum Gasteiger partial charge on any atom is 0.493 e. The molecule has 2 aliphatic rings. The van der Waals surface area contributed by atoms with E-state index in [0.717, 1.165) is 14.7 Å². The summed E-state index contributed by atoms with van der Waals surface area (Å²) in [5.41, 5.74) is -0.506. The topological polar surface area (TPSA) is 101 Å². The zero-order chi connectivity index (χ0) is 28.6. The van der Waals surface area contributed by atoms with Crippen LogP contribution in [0.4, 0.5) is 30.4 Å². The first kappa shape index (κ1) is 27.3. The zero-order valence-corrected chi connectivity index (χ0v) is 21.7. The quantitative estimate of drug-likeness (QED) is 0.484. The van der Waals surface area contributed by atoms with E-state index < -0.39 is 29.7 Å². The smallest absolute Gasteiger partial charge is 0.487 e. The van der Waals surface area contributed by atoms with Crippen LogP contribution in [-0.4, -0.2) is 58.6 Å². The number of benzene rings is 2. The highest BCUT2D eigenvalue weighted by molar-refractivity contribution is 5.84. The Morgan fingerprint density at radius 2 is 1.62 bits per heavy atom. The summed E-state index contributed by atoms with van der Waals surface area (Å²) in [5, 5.41) is 3.87. The van der Waals surface area contributed by atoms with E-state index >= 15 is 0 Å². The number of piperazine rings is 1. The van der Waals surface area contributed by atoms with Gasteiger partial charge in [0.15, 0.2) is 11.5 Å². The molecule has 1 N–H and O–H groups in total. The summed E-state index contributed by atoms with van der Waals surface area (Å²) in [6, 6.07) is 16.1. The molecule has 3 heterocycles. The van der Waals surface area contributed by atoms with Gasteiger partial charge in [0.25, 0.3) is 5.56 Å². The summed E-state index contributed by atoms with van der Waals surface area (Å²) in [5.74, 6) is -2.44. The lowest BCUT2D eigenvalue weighted by molar-refractivity contribution is -0.203. The van der Waals surface area contributed by atoms with Crippen LogP contribution in [0.15, 0.2) is 64.2 Å². The third-order valence-electron chi connectivity index (χ3n) is 6.75. The molecule has 2 aromatic carbocycles. The Balaban J connectivity index is 1.70. The lowest BCUT2D eigenvalue weighted by Gasteiger charge is -2.41. The van der Waals surface area contributed by atoms with Crippen molar-refractivity contribution >= 4 is 23.2 Å². The van der Waals surface area contributed by atoms with Crippen molar-refractivity contribution in [2.45, 2.75) is 19.1 Å². The first-order valence-corrected chi connectivity index (χ1v) is 12.5. The third kappa shape index (κ3) is 4.91. The Hall–Kier alpha value is -4.30. The molecule has 11 nitrogen and oxygen atoms in total. The number of fused-ring (bicyclic) bond motifs is 1. The normalized spacial score (nSPS) is 17.6. The van der Waals surface area contributed by atoms with Crippen molar-refractivity contribution in [1.29, 1.82) is 0 Å². The zero-order valence-electron chi connectivity index (χ0n) is 21.7. The van der Waals surface area contributed by atoms with Gasteiger partial charge in [-0.1, -0.05) is 42.5 Å². The van der Waals surface area contributed by atoms with E-state index in [0.29, 0.717) is 42.7 Å². The molecule has 0 aliphatic carbocycles. The summed E-state index contributed by atoms with van der Waals surface area (Å²) in [4.78, 5) is 46.8. The predicted octanol–water partition coefficient (Wildman–Crippen LogP) is 1.83. The van der Waals surface area contributed by atoms with Crippen LogP contribution in [0.2, 0.25) is 0 Å². The molecule has 0 bridgehead atoms. The van der Waals surface area contributed by atoms with E-state index in [-0.39, 0.29) is 18.1 Å². The fourth-order valence-electron chi connectivity index (χ4n) is 4.82. The van der Waals surface area contributed by atoms with Crippen molar-refractivity contribution < 1.29 is 27.5 Å². The minimum atomic E-state index is -5.32. The van der Waals surface area contributed by atoms with Crippen molar-refractivity contribution in [3.8, 4) is 5.75 Å². The summed E-state index contributed by atoms with van der Waals surface area (Å²) in [6.45, 7) is 1.84. The number of carbonyl (C=O) groups is 1. The van der Waals surface area contributed by atoms with Gasteiger partial charge in [0, 0.05) is 40.3 Å². The second-order valence-electron chi connectivity index (χ2n) is 9.32. The monoisotopic (exact) mass is 560 g/mol. The molecule has 2 aliphatic heterocycles. The maximum atomic E-state index is 13.6. The number of hydrogen-bond acceptors (Lipinski definition) is 9. The molecule has 0 radical (unpaired) electrons. The molecule has 212 valence electrons. The number of rotatable bonds is 6. The molecule has 40 heavy (non-hydrogen) atoms. The maximum absolute atomic E-state index is 13.6. The fourth-order valence-corrected chi connectivity index (χ4v) is 4.82. The van der Waals surface area contributed by atoms with Crippen LogP contribution >= 0.6 is 0 Å². The van der Waals surface area contributed by atoms with Gasteiger partial charge in [-0.15, -0.1) is 5.06 Å². The summed E-state index contributed by atoms with van der Waals surface area (Å²) >= 11 is 0. The van der Waals surface area contributed by atoms with Crippen molar-refractivity contribution in [1.82, 2.24) is 19.4 Å². The van der Waals surface area contributed by atoms with Crippen LogP contribution in [0.1, 0.15) is 5.56 Å². The average molecular weight is 561 g/mol. The number of hydroxylamine groups is 1. The molecule has 14 heteroatoms. The Kier molecular flexibility index (Phi) is 7.29. The largest absolute Gasteiger partial charge is 0.493 e. The van der Waals surface area contributed by atoms with E-state index in [2.05, 4.69) is 5.32 Å². The molecule has 0 spiro atoms. The Morgan fingerprint density at radius 1 is 0.975 bits per heavy atom. The number of nitrogens with zero attached hydrogens (tertiary/aromatic N) is 5. The SMILES string of the molecule is Cn1c2c(c(=O)n(C)c1=O)N(c1ccccc1OCc1ccccc1)C(N1CCNCC1)N2OC(=O)C(F)(F)F. The number of nitrogens with one attached hydrogen (secondary N) is 1. The molecule has 1 atom stereocenters. The van der Waals surface area contributed by atoms with Crippen LogP contribution in [0, 0.1) is 0 Å². The molecule has 1 fully saturated rings. The second-order valence-corrected chi connectivity index (χ2v) is 9.32. The Morgan fingerprint density at radius 3 is 2.30 bits per heavy atom. The summed E-state index contributed by atoms with van der Waals surface area (Å²) in [6.07, 6.45) is -6.55. The Bertz CT molecular complexity index is 1520. The van der Waals surface area contributed by atoms with E-state index in [4.69, 9.17) is 9.57 Å². The van der Waals surface area contributed by atoms with Gasteiger partial charge in [-0.2, -0.15) is 13.2 Å². The minimum Gasteiger partial charge on any atom is -0.487 e. The number of halogens is 3. The van der Waals surface area contributed by atoms with Gasteiger partial charge in [0.1, 0.15) is 12.4 Å². The van der Waals surface area contributed by atoms with E-state index in [9.17, 15) is 27.6 Å².